The molecule has 0 aromatic carbocycles. The van der Waals surface area contributed by atoms with Crippen molar-refractivity contribution >= 4 is 5.82 Å². The third-order valence-corrected chi connectivity index (χ3v) is 3.49. The van der Waals surface area contributed by atoms with E-state index in [2.05, 4.69) is 24.9 Å². The number of pyridine rings is 1. The van der Waals surface area contributed by atoms with Gasteiger partial charge in [0.1, 0.15) is 5.82 Å². The maximum absolute atomic E-state index is 5.93. The molecular weight excluding hydrogens is 184 g/mol. The summed E-state index contributed by atoms with van der Waals surface area (Å²) < 4.78 is 0. The highest BCUT2D eigenvalue weighted by Crippen LogP contribution is 2.40. The molecule has 0 radical (unpaired) electrons. The molecule has 0 bridgehead atoms. The highest BCUT2D eigenvalue weighted by Gasteiger charge is 2.26. The van der Waals surface area contributed by atoms with E-state index in [4.69, 9.17) is 5.73 Å². The summed E-state index contributed by atoms with van der Waals surface area (Å²) in [7, 11) is 0. The number of aromatic nitrogens is 1. The lowest BCUT2D eigenvalue weighted by atomic mass is 9.74. The van der Waals surface area contributed by atoms with E-state index in [0.717, 1.165) is 17.7 Å². The molecule has 1 fully saturated rings. The number of nitrogens with two attached hydrogens (primary N) is 1. The molecule has 2 heteroatoms. The molecule has 1 aliphatic rings. The standard InChI is InChI=1S/C13H20N2/c1-9-6-10(2)8-11(7-9)12-4-3-5-15-13(12)14/h3-5,9-11H,6-8H2,1-2H3,(H2,14,15). The lowest BCUT2D eigenvalue weighted by Crippen LogP contribution is -2.19. The van der Waals surface area contributed by atoms with Gasteiger partial charge in [-0.2, -0.15) is 0 Å². The maximum atomic E-state index is 5.93. The molecule has 0 amide bonds. The number of nitrogen functional groups attached to an aromatic ring is 1. The average molecular weight is 204 g/mol. The van der Waals surface area contributed by atoms with Crippen molar-refractivity contribution in [3.05, 3.63) is 23.9 Å². The molecule has 0 saturated heterocycles. The second-order valence-corrected chi connectivity index (χ2v) is 5.09. The van der Waals surface area contributed by atoms with Crippen molar-refractivity contribution in [3.8, 4) is 0 Å². The van der Waals surface area contributed by atoms with E-state index in [1.165, 1.54) is 24.8 Å². The Morgan fingerprint density at radius 1 is 1.20 bits per heavy atom. The largest absolute Gasteiger partial charge is 0.383 e. The molecule has 1 heterocycles. The Balaban J connectivity index is 2.20. The second kappa shape index (κ2) is 4.21. The fraction of sp³-hybridized carbons (Fsp3) is 0.615. The molecule has 2 atom stereocenters. The lowest BCUT2D eigenvalue weighted by molar-refractivity contribution is 0.268. The first-order chi connectivity index (χ1) is 7.16. The van der Waals surface area contributed by atoms with Gasteiger partial charge in [-0.25, -0.2) is 4.98 Å². The van der Waals surface area contributed by atoms with Crippen LogP contribution < -0.4 is 5.73 Å². The predicted molar refractivity (Wildman–Crippen MR) is 63.6 cm³/mol. The Kier molecular flexibility index (Phi) is 2.94. The van der Waals surface area contributed by atoms with Gasteiger partial charge < -0.3 is 5.73 Å². The van der Waals surface area contributed by atoms with Crippen LogP contribution in [-0.4, -0.2) is 4.98 Å². The van der Waals surface area contributed by atoms with Crippen LogP contribution in [-0.2, 0) is 0 Å². The van der Waals surface area contributed by atoms with Gasteiger partial charge in [-0.15, -0.1) is 0 Å². The summed E-state index contributed by atoms with van der Waals surface area (Å²) in [5.74, 6) is 2.98. The molecular formula is C13H20N2. The fourth-order valence-electron chi connectivity index (χ4n) is 2.98. The Morgan fingerprint density at radius 3 is 2.47 bits per heavy atom. The molecule has 1 aliphatic carbocycles. The highest BCUT2D eigenvalue weighted by molar-refractivity contribution is 5.41. The zero-order valence-electron chi connectivity index (χ0n) is 9.61. The van der Waals surface area contributed by atoms with Crippen LogP contribution in [0.15, 0.2) is 18.3 Å². The lowest BCUT2D eigenvalue weighted by Gasteiger charge is -2.32. The first kappa shape index (κ1) is 10.5. The summed E-state index contributed by atoms with van der Waals surface area (Å²) in [6, 6.07) is 4.13. The van der Waals surface area contributed by atoms with Gasteiger partial charge in [-0.05, 0) is 48.6 Å². The van der Waals surface area contributed by atoms with E-state index in [0.29, 0.717) is 5.92 Å². The van der Waals surface area contributed by atoms with Crippen LogP contribution in [0, 0.1) is 11.8 Å². The maximum Gasteiger partial charge on any atom is 0.126 e. The predicted octanol–water partition coefficient (Wildman–Crippen LogP) is 3.20. The van der Waals surface area contributed by atoms with Crippen molar-refractivity contribution in [1.29, 1.82) is 0 Å². The summed E-state index contributed by atoms with van der Waals surface area (Å²) in [5, 5.41) is 0. The van der Waals surface area contributed by atoms with Crippen LogP contribution >= 0.6 is 0 Å². The number of hydrogen-bond donors (Lipinski definition) is 1. The number of rotatable bonds is 1. The van der Waals surface area contributed by atoms with E-state index in [9.17, 15) is 0 Å². The molecule has 1 saturated carbocycles. The third kappa shape index (κ3) is 2.31. The SMILES string of the molecule is CC1CC(C)CC(c2cccnc2N)C1. The minimum Gasteiger partial charge on any atom is -0.383 e. The zero-order chi connectivity index (χ0) is 10.8. The molecule has 2 rings (SSSR count). The summed E-state index contributed by atoms with van der Waals surface area (Å²) in [5.41, 5.74) is 7.19. The van der Waals surface area contributed by atoms with Gasteiger partial charge in [0, 0.05) is 6.20 Å². The number of anilines is 1. The van der Waals surface area contributed by atoms with Gasteiger partial charge >= 0.3 is 0 Å². The van der Waals surface area contributed by atoms with Crippen LogP contribution in [0.3, 0.4) is 0 Å². The Morgan fingerprint density at radius 2 is 1.87 bits per heavy atom. The van der Waals surface area contributed by atoms with Gasteiger partial charge in [0.15, 0.2) is 0 Å². The van der Waals surface area contributed by atoms with E-state index in [1.54, 1.807) is 6.20 Å². The monoisotopic (exact) mass is 204 g/mol. The van der Waals surface area contributed by atoms with Gasteiger partial charge in [0.2, 0.25) is 0 Å². The second-order valence-electron chi connectivity index (χ2n) is 5.09. The minimum atomic E-state index is 0.623. The zero-order valence-corrected chi connectivity index (χ0v) is 9.61. The molecule has 82 valence electrons. The van der Waals surface area contributed by atoms with Crippen LogP contribution in [0.2, 0.25) is 0 Å². The van der Waals surface area contributed by atoms with Crippen molar-refractivity contribution in [2.45, 2.75) is 39.0 Å². The molecule has 1 aromatic rings. The van der Waals surface area contributed by atoms with Gasteiger partial charge in [0.25, 0.3) is 0 Å². The smallest absolute Gasteiger partial charge is 0.126 e. The Labute approximate surface area is 91.9 Å². The summed E-state index contributed by atoms with van der Waals surface area (Å²) in [6.07, 6.45) is 5.66. The summed E-state index contributed by atoms with van der Waals surface area (Å²) >= 11 is 0. The average Bonchev–Trinajstić information content (AvgIpc) is 2.16. The Hall–Kier alpha value is -1.05. The fourth-order valence-corrected chi connectivity index (χ4v) is 2.98. The van der Waals surface area contributed by atoms with Gasteiger partial charge in [-0.1, -0.05) is 19.9 Å². The quantitative estimate of drug-likeness (QED) is 0.763. The van der Waals surface area contributed by atoms with Crippen LogP contribution in [0.4, 0.5) is 5.82 Å². The first-order valence-corrected chi connectivity index (χ1v) is 5.87. The molecule has 2 unspecified atom stereocenters. The highest BCUT2D eigenvalue weighted by atomic mass is 14.8. The third-order valence-electron chi connectivity index (χ3n) is 3.49. The van der Waals surface area contributed by atoms with Crippen molar-refractivity contribution in [2.24, 2.45) is 11.8 Å². The Bertz CT molecular complexity index is 325. The normalized spacial score (nSPS) is 31.5. The topological polar surface area (TPSA) is 38.9 Å². The van der Waals surface area contributed by atoms with Crippen LogP contribution in [0.25, 0.3) is 0 Å². The van der Waals surface area contributed by atoms with Crippen molar-refractivity contribution < 1.29 is 0 Å². The van der Waals surface area contributed by atoms with Crippen LogP contribution in [0.1, 0.15) is 44.6 Å². The van der Waals surface area contributed by atoms with Crippen LogP contribution in [0.5, 0.6) is 0 Å². The van der Waals surface area contributed by atoms with E-state index in [1.807, 2.05) is 6.07 Å². The number of nitrogens with zero attached hydrogens (tertiary/aromatic N) is 1. The summed E-state index contributed by atoms with van der Waals surface area (Å²) in [6.45, 7) is 4.68. The van der Waals surface area contributed by atoms with E-state index < -0.39 is 0 Å². The summed E-state index contributed by atoms with van der Waals surface area (Å²) in [4.78, 5) is 4.18. The van der Waals surface area contributed by atoms with Crippen molar-refractivity contribution in [3.63, 3.8) is 0 Å². The molecule has 1 aromatic heterocycles. The van der Waals surface area contributed by atoms with Crippen molar-refractivity contribution in [2.75, 3.05) is 5.73 Å². The van der Waals surface area contributed by atoms with Gasteiger partial charge in [-0.3, -0.25) is 0 Å². The first-order valence-electron chi connectivity index (χ1n) is 5.87. The minimum absolute atomic E-state index is 0.623. The van der Waals surface area contributed by atoms with E-state index in [-0.39, 0.29) is 0 Å². The molecule has 15 heavy (non-hydrogen) atoms. The van der Waals surface area contributed by atoms with E-state index >= 15 is 0 Å². The molecule has 2 N–H and O–H groups in total. The molecule has 0 spiro atoms. The number of hydrogen-bond acceptors (Lipinski definition) is 2. The van der Waals surface area contributed by atoms with Crippen molar-refractivity contribution in [1.82, 2.24) is 4.98 Å². The molecule has 2 nitrogen and oxygen atoms in total. The van der Waals surface area contributed by atoms with Gasteiger partial charge in [0.05, 0.1) is 0 Å². The molecule has 0 aliphatic heterocycles.